The van der Waals surface area contributed by atoms with Crippen LogP contribution < -0.4 is 5.32 Å². The highest BCUT2D eigenvalue weighted by atomic mass is 32.1. The lowest BCUT2D eigenvalue weighted by Gasteiger charge is -2.08. The van der Waals surface area contributed by atoms with Crippen LogP contribution in [0.4, 0.5) is 5.13 Å². The number of aliphatic hydroxyl groups excluding tert-OH is 1. The van der Waals surface area contributed by atoms with E-state index in [0.717, 1.165) is 11.0 Å². The van der Waals surface area contributed by atoms with Gasteiger partial charge in [0.1, 0.15) is 5.82 Å². The van der Waals surface area contributed by atoms with E-state index in [4.69, 9.17) is 4.74 Å². The number of aliphatic hydroxyl groups is 1. The van der Waals surface area contributed by atoms with Gasteiger partial charge in [-0.05, 0) is 19.3 Å². The number of nitrogens with one attached hydrogen (secondary N) is 1. The normalized spacial score (nSPS) is 17.4. The summed E-state index contributed by atoms with van der Waals surface area (Å²) < 4.78 is 9.14. The highest BCUT2D eigenvalue weighted by molar-refractivity contribution is 7.09. The van der Waals surface area contributed by atoms with E-state index in [9.17, 15) is 5.11 Å². The van der Waals surface area contributed by atoms with Gasteiger partial charge in [0, 0.05) is 31.1 Å². The first-order chi connectivity index (χ1) is 7.79. The molecule has 2 rings (SSSR count). The SMILES string of the molecule is COCC(O)CCNc1nc(C2CC2)ns1. The molecule has 1 aliphatic carbocycles. The van der Waals surface area contributed by atoms with Crippen molar-refractivity contribution in [2.75, 3.05) is 25.6 Å². The lowest BCUT2D eigenvalue weighted by Crippen LogP contribution is -2.18. The molecule has 0 bridgehead atoms. The number of hydrogen-bond donors (Lipinski definition) is 2. The average Bonchev–Trinajstić information content (AvgIpc) is 3.00. The van der Waals surface area contributed by atoms with E-state index >= 15 is 0 Å². The molecule has 1 heterocycles. The van der Waals surface area contributed by atoms with Gasteiger partial charge < -0.3 is 15.2 Å². The summed E-state index contributed by atoms with van der Waals surface area (Å²) in [6, 6.07) is 0. The maximum absolute atomic E-state index is 9.43. The van der Waals surface area contributed by atoms with Crippen molar-refractivity contribution in [2.24, 2.45) is 0 Å². The maximum Gasteiger partial charge on any atom is 0.202 e. The van der Waals surface area contributed by atoms with Crippen molar-refractivity contribution in [3.63, 3.8) is 0 Å². The van der Waals surface area contributed by atoms with Gasteiger partial charge >= 0.3 is 0 Å². The summed E-state index contributed by atoms with van der Waals surface area (Å²) in [6.45, 7) is 1.08. The molecule has 5 nitrogen and oxygen atoms in total. The van der Waals surface area contributed by atoms with Gasteiger partial charge in [0.25, 0.3) is 0 Å². The second-order valence-corrected chi connectivity index (χ2v) is 4.81. The quantitative estimate of drug-likeness (QED) is 0.754. The molecule has 0 spiro atoms. The molecule has 6 heteroatoms. The predicted octanol–water partition coefficient (Wildman–Crippen LogP) is 1.22. The van der Waals surface area contributed by atoms with Gasteiger partial charge in [-0.2, -0.15) is 4.37 Å². The lowest BCUT2D eigenvalue weighted by atomic mass is 10.3. The van der Waals surface area contributed by atoms with Crippen LogP contribution in [0.1, 0.15) is 31.0 Å². The number of aromatic nitrogens is 2. The molecule has 0 saturated heterocycles. The van der Waals surface area contributed by atoms with Crippen LogP contribution in [0.15, 0.2) is 0 Å². The molecular weight excluding hydrogens is 226 g/mol. The second-order valence-electron chi connectivity index (χ2n) is 4.06. The molecule has 1 fully saturated rings. The molecule has 2 N–H and O–H groups in total. The van der Waals surface area contributed by atoms with Gasteiger partial charge in [0.05, 0.1) is 12.7 Å². The Morgan fingerprint density at radius 3 is 3.12 bits per heavy atom. The van der Waals surface area contributed by atoms with E-state index in [0.29, 0.717) is 25.5 Å². The number of ether oxygens (including phenoxy) is 1. The Hall–Kier alpha value is -0.720. The molecule has 0 amide bonds. The van der Waals surface area contributed by atoms with E-state index in [2.05, 4.69) is 14.7 Å². The molecule has 1 atom stereocenters. The van der Waals surface area contributed by atoms with Crippen LogP contribution in [0.2, 0.25) is 0 Å². The molecule has 1 saturated carbocycles. The van der Waals surface area contributed by atoms with Crippen LogP contribution in [0.25, 0.3) is 0 Å². The Balaban J connectivity index is 1.68. The molecule has 0 radical (unpaired) electrons. The summed E-state index contributed by atoms with van der Waals surface area (Å²) in [5.74, 6) is 1.58. The second kappa shape index (κ2) is 5.56. The molecule has 1 aliphatic rings. The fraction of sp³-hybridized carbons (Fsp3) is 0.800. The van der Waals surface area contributed by atoms with Gasteiger partial charge in [-0.25, -0.2) is 4.98 Å². The van der Waals surface area contributed by atoms with E-state index in [-0.39, 0.29) is 0 Å². The van der Waals surface area contributed by atoms with Crippen molar-refractivity contribution in [2.45, 2.75) is 31.3 Å². The number of hydrogen-bond acceptors (Lipinski definition) is 6. The van der Waals surface area contributed by atoms with E-state index < -0.39 is 6.10 Å². The first kappa shape index (κ1) is 11.8. The first-order valence-electron chi connectivity index (χ1n) is 5.54. The van der Waals surface area contributed by atoms with Crippen LogP contribution >= 0.6 is 11.5 Å². The maximum atomic E-state index is 9.43. The van der Waals surface area contributed by atoms with Gasteiger partial charge in [-0.1, -0.05) is 0 Å². The minimum atomic E-state index is -0.409. The van der Waals surface area contributed by atoms with Crippen LogP contribution in [0.5, 0.6) is 0 Å². The Morgan fingerprint density at radius 1 is 1.62 bits per heavy atom. The molecule has 0 aliphatic heterocycles. The van der Waals surface area contributed by atoms with E-state index in [1.807, 2.05) is 0 Å². The molecule has 1 aromatic rings. The Bertz CT molecular complexity index is 328. The molecule has 1 aromatic heterocycles. The zero-order valence-electron chi connectivity index (χ0n) is 9.35. The smallest absolute Gasteiger partial charge is 0.202 e. The number of nitrogens with zero attached hydrogens (tertiary/aromatic N) is 2. The molecule has 90 valence electrons. The van der Waals surface area contributed by atoms with Crippen molar-refractivity contribution in [3.8, 4) is 0 Å². The average molecular weight is 243 g/mol. The minimum absolute atomic E-state index is 0.380. The standard InChI is InChI=1S/C10H17N3O2S/c1-15-6-8(14)4-5-11-10-12-9(13-16-10)7-2-3-7/h7-8,14H,2-6H2,1H3,(H,11,12,13). The van der Waals surface area contributed by atoms with Crippen LogP contribution in [-0.2, 0) is 4.74 Å². The van der Waals surface area contributed by atoms with Gasteiger partial charge in [0.2, 0.25) is 5.13 Å². The first-order valence-corrected chi connectivity index (χ1v) is 6.31. The summed E-state index contributed by atoms with van der Waals surface area (Å²) in [4.78, 5) is 4.40. The molecule has 1 unspecified atom stereocenters. The number of methoxy groups -OCH3 is 1. The summed E-state index contributed by atoms with van der Waals surface area (Å²) in [7, 11) is 1.59. The van der Waals surface area contributed by atoms with Gasteiger partial charge in [-0.15, -0.1) is 0 Å². The Morgan fingerprint density at radius 2 is 2.44 bits per heavy atom. The fourth-order valence-electron chi connectivity index (χ4n) is 1.44. The molecule has 0 aromatic carbocycles. The summed E-state index contributed by atoms with van der Waals surface area (Å²) >= 11 is 1.40. The zero-order chi connectivity index (χ0) is 11.4. The van der Waals surface area contributed by atoms with Crippen molar-refractivity contribution in [3.05, 3.63) is 5.82 Å². The van der Waals surface area contributed by atoms with Crippen molar-refractivity contribution >= 4 is 16.7 Å². The van der Waals surface area contributed by atoms with Crippen molar-refractivity contribution in [1.82, 2.24) is 9.36 Å². The third-order valence-corrected chi connectivity index (χ3v) is 3.18. The van der Waals surface area contributed by atoms with Crippen molar-refractivity contribution in [1.29, 1.82) is 0 Å². The minimum Gasteiger partial charge on any atom is -0.391 e. The lowest BCUT2D eigenvalue weighted by molar-refractivity contribution is 0.0615. The summed E-state index contributed by atoms with van der Waals surface area (Å²) in [5, 5.41) is 13.5. The van der Waals surface area contributed by atoms with Gasteiger partial charge in [-0.3, -0.25) is 0 Å². The number of anilines is 1. The summed E-state index contributed by atoms with van der Waals surface area (Å²) in [6.07, 6.45) is 2.70. The van der Waals surface area contributed by atoms with Gasteiger partial charge in [0.15, 0.2) is 0 Å². The zero-order valence-corrected chi connectivity index (χ0v) is 10.2. The topological polar surface area (TPSA) is 67.3 Å². The molecule has 16 heavy (non-hydrogen) atoms. The third kappa shape index (κ3) is 3.40. The van der Waals surface area contributed by atoms with Crippen LogP contribution in [0.3, 0.4) is 0 Å². The monoisotopic (exact) mass is 243 g/mol. The van der Waals surface area contributed by atoms with E-state index in [1.165, 1.54) is 24.4 Å². The van der Waals surface area contributed by atoms with Crippen molar-refractivity contribution < 1.29 is 9.84 Å². The highest BCUT2D eigenvalue weighted by Crippen LogP contribution is 2.39. The summed E-state index contributed by atoms with van der Waals surface area (Å²) in [5.41, 5.74) is 0. The number of rotatable bonds is 7. The predicted molar refractivity (Wildman–Crippen MR) is 62.9 cm³/mol. The third-order valence-electron chi connectivity index (χ3n) is 2.50. The Labute approximate surface area is 99.0 Å². The Kier molecular flexibility index (Phi) is 4.09. The highest BCUT2D eigenvalue weighted by Gasteiger charge is 2.27. The largest absolute Gasteiger partial charge is 0.391 e. The fourth-order valence-corrected chi connectivity index (χ4v) is 2.11. The molecular formula is C10H17N3O2S. The van der Waals surface area contributed by atoms with Crippen LogP contribution in [0, 0.1) is 0 Å². The van der Waals surface area contributed by atoms with E-state index in [1.54, 1.807) is 7.11 Å². The van der Waals surface area contributed by atoms with Crippen LogP contribution in [-0.4, -0.2) is 40.8 Å².